The second kappa shape index (κ2) is 4.18. The zero-order chi connectivity index (χ0) is 10.7. The maximum absolute atomic E-state index is 11.5. The number of aromatic nitrogens is 4. The summed E-state index contributed by atoms with van der Waals surface area (Å²) in [6, 6.07) is 0. The van der Waals surface area contributed by atoms with Crippen molar-refractivity contribution >= 4 is 27.7 Å². The quantitative estimate of drug-likeness (QED) is 0.857. The Morgan fingerprint density at radius 3 is 2.80 bits per heavy atom. The Morgan fingerprint density at radius 2 is 2.20 bits per heavy atom. The van der Waals surface area contributed by atoms with Crippen LogP contribution in [0.4, 0.5) is 5.82 Å². The topological polar surface area (TPSA) is 83.6 Å². The van der Waals surface area contributed by atoms with E-state index in [0.717, 1.165) is 0 Å². The molecule has 0 saturated carbocycles. The molecule has 0 radical (unpaired) electrons. The summed E-state index contributed by atoms with van der Waals surface area (Å²) in [6.45, 7) is 0. The Labute approximate surface area is 93.3 Å². The standard InChI is InChI=1S/C8H6BrN5O/c9-6-3-11-7(4-10-6)14-8(15)5-1-12-13-2-5/h1-4H,(H,12,13)(H,11,14,15). The maximum atomic E-state index is 11.5. The third-order valence-electron chi connectivity index (χ3n) is 1.62. The fourth-order valence-corrected chi connectivity index (χ4v) is 1.15. The Balaban J connectivity index is 2.09. The fraction of sp³-hybridized carbons (Fsp3) is 0. The molecule has 1 amide bonds. The van der Waals surface area contributed by atoms with Crippen molar-refractivity contribution in [2.75, 3.05) is 5.32 Å². The third-order valence-corrected chi connectivity index (χ3v) is 2.03. The van der Waals surface area contributed by atoms with E-state index in [-0.39, 0.29) is 5.91 Å². The van der Waals surface area contributed by atoms with Crippen LogP contribution in [0.15, 0.2) is 29.4 Å². The van der Waals surface area contributed by atoms with Gasteiger partial charge in [0, 0.05) is 6.20 Å². The highest BCUT2D eigenvalue weighted by Gasteiger charge is 2.07. The summed E-state index contributed by atoms with van der Waals surface area (Å²) in [4.78, 5) is 19.4. The van der Waals surface area contributed by atoms with E-state index in [1.165, 1.54) is 24.8 Å². The number of H-pyrrole nitrogens is 1. The molecule has 2 heterocycles. The van der Waals surface area contributed by atoms with Gasteiger partial charge in [-0.2, -0.15) is 5.10 Å². The molecule has 2 N–H and O–H groups in total. The number of nitrogens with one attached hydrogen (secondary N) is 2. The minimum atomic E-state index is -0.277. The smallest absolute Gasteiger partial charge is 0.260 e. The average Bonchev–Trinajstić information content (AvgIpc) is 2.74. The largest absolute Gasteiger partial charge is 0.305 e. The van der Waals surface area contributed by atoms with Crippen LogP contribution in [0, 0.1) is 0 Å². The lowest BCUT2D eigenvalue weighted by atomic mass is 10.3. The summed E-state index contributed by atoms with van der Waals surface area (Å²) < 4.78 is 0.615. The molecule has 0 atom stereocenters. The van der Waals surface area contributed by atoms with E-state index >= 15 is 0 Å². The second-order valence-corrected chi connectivity index (χ2v) is 3.48. The number of amides is 1. The van der Waals surface area contributed by atoms with Crippen LogP contribution in [-0.4, -0.2) is 26.1 Å². The number of hydrogen-bond donors (Lipinski definition) is 2. The number of halogens is 1. The Morgan fingerprint density at radius 1 is 1.33 bits per heavy atom. The zero-order valence-corrected chi connectivity index (χ0v) is 9.02. The van der Waals surface area contributed by atoms with E-state index in [1.54, 1.807) is 0 Å². The molecule has 6 nitrogen and oxygen atoms in total. The SMILES string of the molecule is O=C(Nc1cnc(Br)cn1)c1cn[nH]c1. The van der Waals surface area contributed by atoms with Crippen molar-refractivity contribution in [3.8, 4) is 0 Å². The molecule has 0 aliphatic carbocycles. The molecule has 2 aromatic rings. The molecule has 76 valence electrons. The minimum Gasteiger partial charge on any atom is -0.305 e. The molecule has 0 fully saturated rings. The highest BCUT2D eigenvalue weighted by atomic mass is 79.9. The number of aromatic amines is 1. The molecule has 2 rings (SSSR count). The predicted molar refractivity (Wildman–Crippen MR) is 56.3 cm³/mol. The molecule has 0 aliphatic rings. The van der Waals surface area contributed by atoms with Crippen molar-refractivity contribution in [2.24, 2.45) is 0 Å². The van der Waals surface area contributed by atoms with Crippen LogP contribution in [0.5, 0.6) is 0 Å². The number of hydrogen-bond acceptors (Lipinski definition) is 4. The highest BCUT2D eigenvalue weighted by Crippen LogP contribution is 2.07. The molecule has 0 spiro atoms. The van der Waals surface area contributed by atoms with Gasteiger partial charge in [-0.3, -0.25) is 9.89 Å². The highest BCUT2D eigenvalue weighted by molar-refractivity contribution is 9.10. The monoisotopic (exact) mass is 267 g/mol. The van der Waals surface area contributed by atoms with Crippen LogP contribution in [0.25, 0.3) is 0 Å². The first-order chi connectivity index (χ1) is 7.25. The van der Waals surface area contributed by atoms with Crippen LogP contribution in [0.2, 0.25) is 0 Å². The number of anilines is 1. The first kappa shape index (κ1) is 9.78. The van der Waals surface area contributed by atoms with Crippen LogP contribution in [0.3, 0.4) is 0 Å². The number of nitrogens with zero attached hydrogens (tertiary/aromatic N) is 3. The van der Waals surface area contributed by atoms with Gasteiger partial charge in [-0.25, -0.2) is 9.97 Å². The van der Waals surface area contributed by atoms with Crippen molar-refractivity contribution < 1.29 is 4.79 Å². The Hall–Kier alpha value is -1.76. The molecule has 7 heteroatoms. The van der Waals surface area contributed by atoms with E-state index in [2.05, 4.69) is 41.4 Å². The van der Waals surface area contributed by atoms with E-state index in [4.69, 9.17) is 0 Å². The summed E-state index contributed by atoms with van der Waals surface area (Å²) >= 11 is 3.15. The molecule has 0 unspecified atom stereocenters. The van der Waals surface area contributed by atoms with Gasteiger partial charge in [-0.15, -0.1) is 0 Å². The van der Waals surface area contributed by atoms with Gasteiger partial charge in [-0.1, -0.05) is 0 Å². The van der Waals surface area contributed by atoms with Crippen molar-refractivity contribution in [1.29, 1.82) is 0 Å². The van der Waals surface area contributed by atoms with Crippen molar-refractivity contribution in [2.45, 2.75) is 0 Å². The van der Waals surface area contributed by atoms with Gasteiger partial charge in [0.1, 0.15) is 4.60 Å². The summed E-state index contributed by atoms with van der Waals surface area (Å²) in [5.41, 5.74) is 0.444. The number of rotatable bonds is 2. The van der Waals surface area contributed by atoms with Crippen molar-refractivity contribution in [3.63, 3.8) is 0 Å². The molecule has 0 saturated heterocycles. The lowest BCUT2D eigenvalue weighted by Gasteiger charge is -2.00. The third kappa shape index (κ3) is 2.38. The van der Waals surface area contributed by atoms with Crippen LogP contribution >= 0.6 is 15.9 Å². The molecule has 15 heavy (non-hydrogen) atoms. The van der Waals surface area contributed by atoms with E-state index < -0.39 is 0 Å². The lowest BCUT2D eigenvalue weighted by Crippen LogP contribution is -2.12. The summed E-state index contributed by atoms with van der Waals surface area (Å²) in [5, 5.41) is 8.80. The molecule has 0 aromatic carbocycles. The molecular formula is C8H6BrN5O. The molecular weight excluding hydrogens is 262 g/mol. The first-order valence-electron chi connectivity index (χ1n) is 4.03. The van der Waals surface area contributed by atoms with Gasteiger partial charge >= 0.3 is 0 Å². The fourth-order valence-electron chi connectivity index (χ4n) is 0.940. The molecule has 0 aliphatic heterocycles. The van der Waals surface area contributed by atoms with Gasteiger partial charge in [0.05, 0.1) is 24.2 Å². The van der Waals surface area contributed by atoms with Gasteiger partial charge in [0.2, 0.25) is 0 Å². The average molecular weight is 268 g/mol. The minimum absolute atomic E-state index is 0.277. The van der Waals surface area contributed by atoms with E-state index in [9.17, 15) is 4.79 Å². The normalized spacial score (nSPS) is 9.93. The lowest BCUT2D eigenvalue weighted by molar-refractivity contribution is 0.102. The van der Waals surface area contributed by atoms with Gasteiger partial charge in [-0.05, 0) is 15.9 Å². The van der Waals surface area contributed by atoms with Gasteiger partial charge in [0.15, 0.2) is 5.82 Å². The molecule has 2 aromatic heterocycles. The zero-order valence-electron chi connectivity index (χ0n) is 7.44. The first-order valence-corrected chi connectivity index (χ1v) is 4.82. The van der Waals surface area contributed by atoms with Crippen LogP contribution in [-0.2, 0) is 0 Å². The summed E-state index contributed by atoms with van der Waals surface area (Å²) in [6.07, 6.45) is 5.90. The van der Waals surface area contributed by atoms with E-state index in [1.807, 2.05) is 0 Å². The Kier molecular flexibility index (Phi) is 2.72. The van der Waals surface area contributed by atoms with Gasteiger partial charge < -0.3 is 5.32 Å². The van der Waals surface area contributed by atoms with Gasteiger partial charge in [0.25, 0.3) is 5.91 Å². The summed E-state index contributed by atoms with van der Waals surface area (Å²) in [7, 11) is 0. The van der Waals surface area contributed by atoms with Crippen LogP contribution < -0.4 is 5.32 Å². The molecule has 0 bridgehead atoms. The Bertz CT molecular complexity index is 452. The van der Waals surface area contributed by atoms with E-state index in [0.29, 0.717) is 16.0 Å². The van der Waals surface area contributed by atoms with Crippen molar-refractivity contribution in [1.82, 2.24) is 20.2 Å². The van der Waals surface area contributed by atoms with Crippen LogP contribution in [0.1, 0.15) is 10.4 Å². The number of carbonyl (C=O) groups excluding carboxylic acids is 1. The van der Waals surface area contributed by atoms with Crippen molar-refractivity contribution in [3.05, 3.63) is 35.0 Å². The predicted octanol–water partition coefficient (Wildman–Crippen LogP) is 1.21. The number of carbonyl (C=O) groups is 1. The maximum Gasteiger partial charge on any atom is 0.260 e. The second-order valence-electron chi connectivity index (χ2n) is 2.67. The summed E-state index contributed by atoms with van der Waals surface area (Å²) in [5.74, 6) is 0.116.